The molecule has 9 rings (SSSR count). The molecule has 4 heterocycles. The summed E-state index contributed by atoms with van der Waals surface area (Å²) in [6.45, 7) is 13.1. The molecule has 4 aromatic heterocycles. The molecule has 266 valence electrons. The van der Waals surface area contributed by atoms with E-state index in [4.69, 9.17) is 9.97 Å². The Hall–Kier alpha value is -7.00. The zero-order valence-corrected chi connectivity index (χ0v) is 29.8. The monoisotopic (exact) mass is 713 g/mol. The molecule has 0 amide bonds. The zero-order chi connectivity index (χ0) is 37.9. The van der Waals surface area contributed by atoms with Crippen LogP contribution < -0.4 is 0 Å². The van der Waals surface area contributed by atoms with E-state index in [1.165, 1.54) is 12.2 Å². The second-order valence-electron chi connectivity index (χ2n) is 13.9. The van der Waals surface area contributed by atoms with Crippen LogP contribution in [0.1, 0.15) is 46.4 Å². The number of allylic oxidation sites excluding steroid dienone is 4. The number of hydrogen-bond acceptors (Lipinski definition) is 8. The van der Waals surface area contributed by atoms with Gasteiger partial charge >= 0.3 is 0 Å². The maximum absolute atomic E-state index is 12.7. The summed E-state index contributed by atoms with van der Waals surface area (Å²) < 4.78 is 1.96. The number of benzene rings is 4. The summed E-state index contributed by atoms with van der Waals surface area (Å²) in [4.78, 5) is 9.85. The highest BCUT2D eigenvalue weighted by atomic mass is 16.3. The Morgan fingerprint density at radius 1 is 0.593 bits per heavy atom. The van der Waals surface area contributed by atoms with Crippen LogP contribution in [-0.2, 0) is 0 Å². The average Bonchev–Trinajstić information content (AvgIpc) is 3.71. The molecule has 1 aliphatic rings. The first-order chi connectivity index (χ1) is 26.0. The van der Waals surface area contributed by atoms with E-state index in [2.05, 4.69) is 25.3 Å². The minimum atomic E-state index is -0.660. The highest BCUT2D eigenvalue weighted by molar-refractivity contribution is 6.31. The molecule has 1 aliphatic carbocycles. The molecule has 9 heteroatoms. The van der Waals surface area contributed by atoms with Crippen molar-refractivity contribution in [3.63, 3.8) is 0 Å². The molecular weight excluding hydrogens is 679 g/mol. The van der Waals surface area contributed by atoms with Crippen molar-refractivity contribution in [3.8, 4) is 56.9 Å². The third-order valence-electron chi connectivity index (χ3n) is 11.2. The quantitative estimate of drug-likeness (QED) is 0.0964. The number of fused-ring (bicyclic) bond motifs is 7. The molecule has 0 atom stereocenters. The number of phenolic OH excluding ortho intramolecular Hbond substituents is 6. The lowest BCUT2D eigenvalue weighted by atomic mass is 9.85. The third kappa shape index (κ3) is 4.03. The molecule has 4 aromatic carbocycles. The fourth-order valence-corrected chi connectivity index (χ4v) is 8.73. The summed E-state index contributed by atoms with van der Waals surface area (Å²) in [5, 5.41) is 73.7. The number of pyridine rings is 2. The van der Waals surface area contributed by atoms with Crippen LogP contribution in [0.4, 0.5) is 0 Å². The fourth-order valence-electron chi connectivity index (χ4n) is 8.73. The number of hydrogen-bond donors (Lipinski definition) is 6. The van der Waals surface area contributed by atoms with Crippen molar-refractivity contribution in [3.05, 3.63) is 108 Å². The Labute approximate surface area is 309 Å². The largest absolute Gasteiger partial charge is 0.506 e. The Morgan fingerprint density at radius 2 is 1.17 bits per heavy atom. The SMILES string of the molecule is C=Cc1c(O)c(O)c(C)c2c(-c3c(O)c4c5c(C)c(C6=CCCC=C6)ncc5n5c6cnc(-c7ccccc7)c(C)c6c(c3O)c45)c(O)c(O)c(C=C)c12. The lowest BCUT2D eigenvalue weighted by Gasteiger charge is -2.21. The van der Waals surface area contributed by atoms with E-state index in [1.54, 1.807) is 19.3 Å². The molecule has 6 N–H and O–H groups in total. The molecule has 0 fully saturated rings. The van der Waals surface area contributed by atoms with Crippen LogP contribution in [0.2, 0.25) is 0 Å². The van der Waals surface area contributed by atoms with Gasteiger partial charge in [0.25, 0.3) is 0 Å². The summed E-state index contributed by atoms with van der Waals surface area (Å²) in [5.74, 6) is -2.95. The van der Waals surface area contributed by atoms with Gasteiger partial charge < -0.3 is 35.0 Å². The minimum Gasteiger partial charge on any atom is -0.506 e. The van der Waals surface area contributed by atoms with Crippen LogP contribution in [0.15, 0.2) is 74.1 Å². The lowest BCUT2D eigenvalue weighted by molar-refractivity contribution is 0.399. The first kappa shape index (κ1) is 32.9. The van der Waals surface area contributed by atoms with Crippen LogP contribution in [0.5, 0.6) is 34.5 Å². The number of nitrogens with zero attached hydrogens (tertiary/aromatic N) is 3. The number of rotatable bonds is 5. The van der Waals surface area contributed by atoms with Crippen molar-refractivity contribution in [2.75, 3.05) is 0 Å². The van der Waals surface area contributed by atoms with Crippen LogP contribution in [0.3, 0.4) is 0 Å². The van der Waals surface area contributed by atoms with Gasteiger partial charge in [0.1, 0.15) is 11.5 Å². The number of aromatic hydroxyl groups is 6. The summed E-state index contributed by atoms with van der Waals surface area (Å²) in [6, 6.07) is 9.71. The molecule has 9 nitrogen and oxygen atoms in total. The van der Waals surface area contributed by atoms with Gasteiger partial charge in [-0.25, -0.2) is 0 Å². The molecule has 0 spiro atoms. The molecule has 54 heavy (non-hydrogen) atoms. The molecular formula is C45H35N3O6. The Kier molecular flexibility index (Phi) is 7.00. The van der Waals surface area contributed by atoms with Crippen LogP contribution in [0.25, 0.3) is 89.0 Å². The second kappa shape index (κ2) is 11.5. The summed E-state index contributed by atoms with van der Waals surface area (Å²) in [5.41, 5.74) is 6.69. The predicted molar refractivity (Wildman–Crippen MR) is 216 cm³/mol. The van der Waals surface area contributed by atoms with Crippen molar-refractivity contribution in [2.45, 2.75) is 33.6 Å². The highest BCUT2D eigenvalue weighted by Gasteiger charge is 2.34. The van der Waals surface area contributed by atoms with Crippen LogP contribution >= 0.6 is 0 Å². The minimum absolute atomic E-state index is 0.0703. The standard InChI is InChI=1S/C45H35N3O6/c1-6-25-32-26(7-2)42(51)45(54)33(31(32)22(5)40(49)41(25)50)36-43(52)34-29-20(3)37(23-14-10-8-11-15-23)46-18-27(29)48-28-19-47-38(24-16-12-9-13-17-24)21(4)30(28)35(39(34)48)44(36)53/h6-8,10-12,14-19,49-54H,1-2,9,13H2,3-5H3. The van der Waals surface area contributed by atoms with E-state index in [1.807, 2.05) is 54.7 Å². The van der Waals surface area contributed by atoms with Gasteiger partial charge in [-0.05, 0) is 50.3 Å². The maximum atomic E-state index is 12.7. The van der Waals surface area contributed by atoms with Gasteiger partial charge in [0, 0.05) is 49.4 Å². The summed E-state index contributed by atoms with van der Waals surface area (Å²) in [7, 11) is 0. The maximum Gasteiger partial charge on any atom is 0.167 e. The van der Waals surface area contributed by atoms with Crippen LogP contribution in [-0.4, -0.2) is 45.0 Å². The lowest BCUT2D eigenvalue weighted by Crippen LogP contribution is -1.97. The van der Waals surface area contributed by atoms with Crippen LogP contribution in [0, 0.1) is 20.8 Å². The molecule has 0 radical (unpaired) electrons. The molecule has 0 unspecified atom stereocenters. The van der Waals surface area contributed by atoms with E-state index in [9.17, 15) is 30.6 Å². The fraction of sp³-hybridized carbons (Fsp3) is 0.111. The molecule has 0 saturated heterocycles. The van der Waals surface area contributed by atoms with Gasteiger partial charge in [0.15, 0.2) is 23.0 Å². The first-order valence-electron chi connectivity index (χ1n) is 17.6. The van der Waals surface area contributed by atoms with Gasteiger partial charge in [-0.2, -0.15) is 0 Å². The van der Waals surface area contributed by atoms with E-state index < -0.39 is 23.0 Å². The second-order valence-corrected chi connectivity index (χ2v) is 13.9. The van der Waals surface area contributed by atoms with E-state index >= 15 is 0 Å². The van der Waals surface area contributed by atoms with Crippen molar-refractivity contribution in [2.24, 2.45) is 0 Å². The average molecular weight is 714 g/mol. The van der Waals surface area contributed by atoms with Crippen molar-refractivity contribution in [1.82, 2.24) is 14.4 Å². The molecule has 8 aromatic rings. The van der Waals surface area contributed by atoms with Gasteiger partial charge in [0.05, 0.1) is 56.7 Å². The smallest absolute Gasteiger partial charge is 0.167 e. The van der Waals surface area contributed by atoms with E-state index in [-0.39, 0.29) is 50.1 Å². The normalized spacial score (nSPS) is 13.2. The van der Waals surface area contributed by atoms with Crippen molar-refractivity contribution >= 4 is 66.6 Å². The van der Waals surface area contributed by atoms with Gasteiger partial charge in [-0.15, -0.1) is 0 Å². The molecule has 0 bridgehead atoms. The topological polar surface area (TPSA) is 152 Å². The Balaban J connectivity index is 1.57. The summed E-state index contributed by atoms with van der Waals surface area (Å²) >= 11 is 0. The molecule has 0 saturated carbocycles. The van der Waals surface area contributed by atoms with Gasteiger partial charge in [-0.1, -0.05) is 73.9 Å². The van der Waals surface area contributed by atoms with E-state index in [0.29, 0.717) is 43.8 Å². The number of phenols is 6. The molecule has 0 aliphatic heterocycles. The Morgan fingerprint density at radius 3 is 1.74 bits per heavy atom. The zero-order valence-electron chi connectivity index (χ0n) is 29.8. The highest BCUT2D eigenvalue weighted by Crippen LogP contribution is 2.60. The van der Waals surface area contributed by atoms with Crippen molar-refractivity contribution in [1.29, 1.82) is 0 Å². The first-order valence-corrected chi connectivity index (χ1v) is 17.6. The van der Waals surface area contributed by atoms with Gasteiger partial charge in [-0.3, -0.25) is 9.97 Å². The number of aryl methyl sites for hydroxylation is 3. The van der Waals surface area contributed by atoms with Gasteiger partial charge in [0.2, 0.25) is 0 Å². The Bertz CT molecular complexity index is 3050. The predicted octanol–water partition coefficient (Wildman–Crippen LogP) is 10.3. The van der Waals surface area contributed by atoms with E-state index in [0.717, 1.165) is 40.8 Å². The van der Waals surface area contributed by atoms with Crippen molar-refractivity contribution < 1.29 is 30.6 Å². The third-order valence-corrected chi connectivity index (χ3v) is 11.2. The number of aromatic nitrogens is 3. The summed E-state index contributed by atoms with van der Waals surface area (Å²) in [6.07, 6.45) is 14.3.